The van der Waals surface area contributed by atoms with E-state index in [1.54, 1.807) is 11.9 Å². The highest BCUT2D eigenvalue weighted by Gasteiger charge is 2.12. The summed E-state index contributed by atoms with van der Waals surface area (Å²) in [6.45, 7) is 1.61. The Morgan fingerprint density at radius 3 is 2.50 bits per heavy atom. The maximum absolute atomic E-state index is 13.0. The van der Waals surface area contributed by atoms with Crippen LogP contribution >= 0.6 is 12.6 Å². The van der Waals surface area contributed by atoms with E-state index in [0.29, 0.717) is 12.1 Å². The standard InChI is InChI=1S/C13H19FN2OS/c1-15(2)7-4-8-16(3)13(17)10-5-6-11(14)12(18)9-10/h5-6,9,18H,4,7-8H2,1-3H3. The second-order valence-electron chi connectivity index (χ2n) is 4.55. The van der Waals surface area contributed by atoms with Gasteiger partial charge >= 0.3 is 0 Å². The molecule has 0 fully saturated rings. The Kier molecular flexibility index (Phi) is 5.62. The smallest absolute Gasteiger partial charge is 0.253 e. The molecule has 3 nitrogen and oxygen atoms in total. The minimum absolute atomic E-state index is 0.107. The second kappa shape index (κ2) is 6.75. The van der Waals surface area contributed by atoms with Gasteiger partial charge in [0.05, 0.1) is 0 Å². The Morgan fingerprint density at radius 1 is 1.28 bits per heavy atom. The molecule has 0 unspecified atom stereocenters. The number of nitrogens with zero attached hydrogens (tertiary/aromatic N) is 2. The predicted octanol–water partition coefficient (Wildman–Crippen LogP) is 2.14. The molecule has 0 atom stereocenters. The molecule has 1 amide bonds. The van der Waals surface area contributed by atoms with E-state index in [2.05, 4.69) is 17.5 Å². The SMILES string of the molecule is CN(C)CCCN(C)C(=O)c1ccc(F)c(S)c1. The molecule has 0 aliphatic heterocycles. The Hall–Kier alpha value is -1.07. The van der Waals surface area contributed by atoms with Gasteiger partial charge in [-0.25, -0.2) is 4.39 Å². The maximum atomic E-state index is 13.0. The zero-order chi connectivity index (χ0) is 13.7. The molecular weight excluding hydrogens is 251 g/mol. The topological polar surface area (TPSA) is 23.6 Å². The number of thiol groups is 1. The van der Waals surface area contributed by atoms with E-state index in [-0.39, 0.29) is 10.8 Å². The summed E-state index contributed by atoms with van der Waals surface area (Å²) in [5.41, 5.74) is 0.466. The molecular formula is C13H19FN2OS. The van der Waals surface area contributed by atoms with Gasteiger partial charge in [-0.15, -0.1) is 12.6 Å². The van der Waals surface area contributed by atoms with Crippen LogP contribution in [0, 0.1) is 5.82 Å². The van der Waals surface area contributed by atoms with Crippen LogP contribution in [0.25, 0.3) is 0 Å². The van der Waals surface area contributed by atoms with Gasteiger partial charge in [0.15, 0.2) is 0 Å². The molecule has 0 spiro atoms. The molecule has 0 radical (unpaired) electrons. The Labute approximate surface area is 113 Å². The number of carbonyl (C=O) groups is 1. The first-order chi connectivity index (χ1) is 8.41. The van der Waals surface area contributed by atoms with Crippen molar-refractivity contribution in [1.29, 1.82) is 0 Å². The van der Waals surface area contributed by atoms with Crippen LogP contribution < -0.4 is 0 Å². The summed E-state index contributed by atoms with van der Waals surface area (Å²) < 4.78 is 13.0. The molecule has 0 aromatic heterocycles. The van der Waals surface area contributed by atoms with Crippen LogP contribution in [0.1, 0.15) is 16.8 Å². The van der Waals surface area contributed by atoms with Gasteiger partial charge in [-0.3, -0.25) is 4.79 Å². The number of hydrogen-bond donors (Lipinski definition) is 1. The first-order valence-electron chi connectivity index (χ1n) is 5.80. The molecule has 0 N–H and O–H groups in total. The van der Waals surface area contributed by atoms with Crippen LogP contribution in [0.3, 0.4) is 0 Å². The first-order valence-corrected chi connectivity index (χ1v) is 6.25. The summed E-state index contributed by atoms with van der Waals surface area (Å²) >= 11 is 3.98. The molecule has 18 heavy (non-hydrogen) atoms. The fourth-order valence-corrected chi connectivity index (χ4v) is 1.81. The minimum Gasteiger partial charge on any atom is -0.342 e. The molecule has 0 saturated carbocycles. The van der Waals surface area contributed by atoms with E-state index < -0.39 is 5.82 Å². The fraction of sp³-hybridized carbons (Fsp3) is 0.462. The molecule has 0 aliphatic rings. The van der Waals surface area contributed by atoms with Crippen LogP contribution in [-0.2, 0) is 0 Å². The van der Waals surface area contributed by atoms with Crippen LogP contribution in [0.5, 0.6) is 0 Å². The van der Waals surface area contributed by atoms with Crippen molar-refractivity contribution in [2.75, 3.05) is 34.2 Å². The number of carbonyl (C=O) groups excluding carboxylic acids is 1. The molecule has 1 aromatic rings. The number of rotatable bonds is 5. The molecule has 5 heteroatoms. The minimum atomic E-state index is -0.412. The molecule has 0 heterocycles. The summed E-state index contributed by atoms with van der Waals surface area (Å²) in [5, 5.41) is 0. The lowest BCUT2D eigenvalue weighted by atomic mass is 10.2. The van der Waals surface area contributed by atoms with Crippen LogP contribution in [-0.4, -0.2) is 49.9 Å². The average Bonchev–Trinajstić information content (AvgIpc) is 2.31. The van der Waals surface area contributed by atoms with Gasteiger partial charge in [0, 0.05) is 24.1 Å². The Balaban J connectivity index is 2.60. The third-order valence-electron chi connectivity index (χ3n) is 2.64. The van der Waals surface area contributed by atoms with Crippen molar-refractivity contribution >= 4 is 18.5 Å². The van der Waals surface area contributed by atoms with E-state index in [1.165, 1.54) is 18.2 Å². The molecule has 0 saturated heterocycles. The third kappa shape index (κ3) is 4.31. The Bertz CT molecular complexity index is 423. The lowest BCUT2D eigenvalue weighted by Crippen LogP contribution is -2.29. The lowest BCUT2D eigenvalue weighted by Gasteiger charge is -2.18. The summed E-state index contributed by atoms with van der Waals surface area (Å²) in [7, 11) is 5.74. The van der Waals surface area contributed by atoms with Crippen LogP contribution in [0.2, 0.25) is 0 Å². The molecule has 0 bridgehead atoms. The van der Waals surface area contributed by atoms with E-state index in [9.17, 15) is 9.18 Å². The normalized spacial score (nSPS) is 10.8. The Morgan fingerprint density at radius 2 is 1.94 bits per heavy atom. The summed E-state index contributed by atoms with van der Waals surface area (Å²) in [6.07, 6.45) is 0.907. The number of hydrogen-bond acceptors (Lipinski definition) is 3. The number of benzene rings is 1. The lowest BCUT2D eigenvalue weighted by molar-refractivity contribution is 0.0790. The van der Waals surface area contributed by atoms with E-state index in [4.69, 9.17) is 0 Å². The number of amides is 1. The predicted molar refractivity (Wildman–Crippen MR) is 73.8 cm³/mol. The highest BCUT2D eigenvalue weighted by atomic mass is 32.1. The first kappa shape index (κ1) is 15.0. The molecule has 100 valence electrons. The van der Waals surface area contributed by atoms with Crippen LogP contribution in [0.4, 0.5) is 4.39 Å². The summed E-state index contributed by atoms with van der Waals surface area (Å²) in [6, 6.07) is 4.21. The third-order valence-corrected chi connectivity index (χ3v) is 2.98. The zero-order valence-corrected chi connectivity index (χ0v) is 11.9. The monoisotopic (exact) mass is 270 g/mol. The van der Waals surface area contributed by atoms with Gasteiger partial charge in [-0.05, 0) is 45.3 Å². The van der Waals surface area contributed by atoms with Crippen molar-refractivity contribution in [1.82, 2.24) is 9.80 Å². The van der Waals surface area contributed by atoms with Crippen molar-refractivity contribution in [2.45, 2.75) is 11.3 Å². The van der Waals surface area contributed by atoms with E-state index >= 15 is 0 Å². The summed E-state index contributed by atoms with van der Waals surface area (Å²) in [5.74, 6) is -0.519. The molecule has 0 aliphatic carbocycles. The van der Waals surface area contributed by atoms with Gasteiger partial charge in [-0.1, -0.05) is 0 Å². The van der Waals surface area contributed by atoms with Crippen molar-refractivity contribution < 1.29 is 9.18 Å². The largest absolute Gasteiger partial charge is 0.342 e. The summed E-state index contributed by atoms with van der Waals surface area (Å²) in [4.78, 5) is 16.0. The van der Waals surface area contributed by atoms with Gasteiger partial charge in [0.25, 0.3) is 5.91 Å². The van der Waals surface area contributed by atoms with E-state index in [0.717, 1.165) is 13.0 Å². The fourth-order valence-electron chi connectivity index (χ4n) is 1.59. The van der Waals surface area contributed by atoms with Crippen molar-refractivity contribution in [3.05, 3.63) is 29.6 Å². The van der Waals surface area contributed by atoms with Crippen LogP contribution in [0.15, 0.2) is 23.1 Å². The van der Waals surface area contributed by atoms with Crippen molar-refractivity contribution in [3.63, 3.8) is 0 Å². The molecule has 1 aromatic carbocycles. The average molecular weight is 270 g/mol. The van der Waals surface area contributed by atoms with Gasteiger partial charge in [0.1, 0.15) is 5.82 Å². The van der Waals surface area contributed by atoms with Crippen molar-refractivity contribution in [3.8, 4) is 0 Å². The second-order valence-corrected chi connectivity index (χ2v) is 5.03. The van der Waals surface area contributed by atoms with Gasteiger partial charge in [0.2, 0.25) is 0 Å². The highest BCUT2D eigenvalue weighted by molar-refractivity contribution is 7.80. The van der Waals surface area contributed by atoms with Gasteiger partial charge < -0.3 is 9.80 Å². The van der Waals surface area contributed by atoms with Gasteiger partial charge in [-0.2, -0.15) is 0 Å². The zero-order valence-electron chi connectivity index (χ0n) is 11.0. The molecule has 1 rings (SSSR count). The van der Waals surface area contributed by atoms with E-state index in [1.807, 2.05) is 14.1 Å². The number of halogens is 1. The highest BCUT2D eigenvalue weighted by Crippen LogP contribution is 2.15. The quantitative estimate of drug-likeness (QED) is 0.829. The van der Waals surface area contributed by atoms with Crippen molar-refractivity contribution in [2.24, 2.45) is 0 Å². The maximum Gasteiger partial charge on any atom is 0.253 e.